The fourth-order valence-corrected chi connectivity index (χ4v) is 2.40. The number of hydrogen-bond acceptors (Lipinski definition) is 3. The van der Waals surface area contributed by atoms with Gasteiger partial charge in [-0.3, -0.25) is 0 Å². The molecule has 120 valence electrons. The Bertz CT molecular complexity index is 831. The second-order valence-electron chi connectivity index (χ2n) is 5.08. The van der Waals surface area contributed by atoms with Gasteiger partial charge in [-0.1, -0.05) is 60.1 Å². The molecule has 3 aromatic rings. The van der Waals surface area contributed by atoms with Crippen LogP contribution in [0.4, 0.5) is 0 Å². The van der Waals surface area contributed by atoms with Crippen molar-refractivity contribution in [1.29, 1.82) is 0 Å². The average molecular weight is 339 g/mol. The minimum atomic E-state index is -0.463. The van der Waals surface area contributed by atoms with Crippen LogP contribution in [0.3, 0.4) is 0 Å². The first-order valence-electron chi connectivity index (χ1n) is 7.46. The van der Waals surface area contributed by atoms with Crippen LogP contribution in [0.25, 0.3) is 0 Å². The Kier molecular flexibility index (Phi) is 5.14. The third-order valence-electron chi connectivity index (χ3n) is 3.40. The first-order chi connectivity index (χ1) is 11.7. The van der Waals surface area contributed by atoms with Gasteiger partial charge in [0.1, 0.15) is 18.1 Å². The number of ether oxygens (including phenoxy) is 2. The molecule has 0 aromatic heterocycles. The second kappa shape index (κ2) is 7.66. The standard InChI is InChI=1S/C20H15ClO3/c21-18-12-6-5-11-17(18)20(22)23-14-15-8-4-7-13-19(15)24-16-9-2-1-3-10-16/h1-13H,14H2. The lowest BCUT2D eigenvalue weighted by molar-refractivity contribution is 0.0471. The van der Waals surface area contributed by atoms with Crippen molar-refractivity contribution < 1.29 is 14.3 Å². The Morgan fingerprint density at radius 3 is 2.29 bits per heavy atom. The summed E-state index contributed by atoms with van der Waals surface area (Å²) in [4.78, 5) is 12.2. The summed E-state index contributed by atoms with van der Waals surface area (Å²) < 4.78 is 11.2. The van der Waals surface area contributed by atoms with Gasteiger partial charge in [-0.15, -0.1) is 0 Å². The van der Waals surface area contributed by atoms with Crippen molar-refractivity contribution in [1.82, 2.24) is 0 Å². The van der Waals surface area contributed by atoms with E-state index in [1.807, 2.05) is 54.6 Å². The van der Waals surface area contributed by atoms with Crippen molar-refractivity contribution in [3.05, 3.63) is 95.0 Å². The molecule has 3 aromatic carbocycles. The smallest absolute Gasteiger partial charge is 0.339 e. The molecule has 0 unspecified atom stereocenters. The second-order valence-corrected chi connectivity index (χ2v) is 5.49. The van der Waals surface area contributed by atoms with E-state index in [0.29, 0.717) is 16.3 Å². The normalized spacial score (nSPS) is 10.2. The highest BCUT2D eigenvalue weighted by Gasteiger charge is 2.12. The van der Waals surface area contributed by atoms with Crippen LogP contribution in [0.15, 0.2) is 78.9 Å². The van der Waals surface area contributed by atoms with Crippen molar-refractivity contribution in [2.45, 2.75) is 6.61 Å². The Morgan fingerprint density at radius 2 is 1.50 bits per heavy atom. The number of esters is 1. The Labute approximate surface area is 145 Å². The number of benzene rings is 3. The Balaban J connectivity index is 1.72. The van der Waals surface area contributed by atoms with Crippen LogP contribution in [0, 0.1) is 0 Å². The van der Waals surface area contributed by atoms with Gasteiger partial charge in [0.25, 0.3) is 0 Å². The molecule has 4 heteroatoms. The largest absolute Gasteiger partial charge is 0.457 e. The Hall–Kier alpha value is -2.78. The zero-order valence-electron chi connectivity index (χ0n) is 12.8. The molecular weight excluding hydrogens is 324 g/mol. The lowest BCUT2D eigenvalue weighted by Crippen LogP contribution is -2.06. The van der Waals surface area contributed by atoms with E-state index < -0.39 is 5.97 Å². The van der Waals surface area contributed by atoms with Gasteiger partial charge in [0.05, 0.1) is 10.6 Å². The van der Waals surface area contributed by atoms with E-state index in [2.05, 4.69) is 0 Å². The molecule has 0 N–H and O–H groups in total. The molecular formula is C20H15ClO3. The molecule has 0 radical (unpaired) electrons. The molecule has 0 saturated heterocycles. The number of halogens is 1. The first kappa shape index (κ1) is 16.1. The summed E-state index contributed by atoms with van der Waals surface area (Å²) in [5.41, 5.74) is 1.13. The van der Waals surface area contributed by atoms with Crippen molar-refractivity contribution in [3.63, 3.8) is 0 Å². The predicted octanol–water partition coefficient (Wildman–Crippen LogP) is 5.49. The van der Waals surface area contributed by atoms with Gasteiger partial charge >= 0.3 is 5.97 Å². The van der Waals surface area contributed by atoms with Crippen LogP contribution in [-0.4, -0.2) is 5.97 Å². The maximum absolute atomic E-state index is 12.2. The van der Waals surface area contributed by atoms with E-state index in [-0.39, 0.29) is 6.61 Å². The van der Waals surface area contributed by atoms with Gasteiger partial charge in [0, 0.05) is 5.56 Å². The lowest BCUT2D eigenvalue weighted by Gasteiger charge is -2.12. The molecule has 0 fully saturated rings. The minimum absolute atomic E-state index is 0.104. The van der Waals surface area contributed by atoms with E-state index >= 15 is 0 Å². The average Bonchev–Trinajstić information content (AvgIpc) is 2.62. The number of rotatable bonds is 5. The minimum Gasteiger partial charge on any atom is -0.457 e. The summed E-state index contributed by atoms with van der Waals surface area (Å²) in [5.74, 6) is 0.910. The van der Waals surface area contributed by atoms with Crippen LogP contribution in [0.2, 0.25) is 5.02 Å². The van der Waals surface area contributed by atoms with Crippen molar-refractivity contribution in [3.8, 4) is 11.5 Å². The number of hydrogen-bond donors (Lipinski definition) is 0. The van der Waals surface area contributed by atoms with E-state index in [1.165, 1.54) is 0 Å². The van der Waals surface area contributed by atoms with Gasteiger partial charge in [-0.25, -0.2) is 4.79 Å². The van der Waals surface area contributed by atoms with Crippen molar-refractivity contribution >= 4 is 17.6 Å². The zero-order chi connectivity index (χ0) is 16.8. The van der Waals surface area contributed by atoms with Crippen LogP contribution in [0.5, 0.6) is 11.5 Å². The van der Waals surface area contributed by atoms with E-state index in [9.17, 15) is 4.79 Å². The summed E-state index contributed by atoms with van der Waals surface area (Å²) in [5, 5.41) is 0.372. The molecule has 0 saturated carbocycles. The molecule has 3 nitrogen and oxygen atoms in total. The van der Waals surface area contributed by atoms with Crippen LogP contribution in [0.1, 0.15) is 15.9 Å². The van der Waals surface area contributed by atoms with Crippen LogP contribution in [-0.2, 0) is 11.3 Å². The highest BCUT2D eigenvalue weighted by atomic mass is 35.5. The third kappa shape index (κ3) is 3.94. The maximum Gasteiger partial charge on any atom is 0.339 e. The first-order valence-corrected chi connectivity index (χ1v) is 7.84. The number of para-hydroxylation sites is 2. The maximum atomic E-state index is 12.2. The molecule has 0 atom stereocenters. The van der Waals surface area contributed by atoms with Gasteiger partial charge < -0.3 is 9.47 Å². The summed E-state index contributed by atoms with van der Waals surface area (Å²) in [6.07, 6.45) is 0. The summed E-state index contributed by atoms with van der Waals surface area (Å²) in [6, 6.07) is 23.7. The monoisotopic (exact) mass is 338 g/mol. The highest BCUT2D eigenvalue weighted by molar-refractivity contribution is 6.33. The lowest BCUT2D eigenvalue weighted by atomic mass is 10.2. The summed E-state index contributed by atoms with van der Waals surface area (Å²) in [6.45, 7) is 0.104. The van der Waals surface area contributed by atoms with Crippen LogP contribution < -0.4 is 4.74 Å². The van der Waals surface area contributed by atoms with E-state index in [1.54, 1.807) is 24.3 Å². The Morgan fingerprint density at radius 1 is 0.833 bits per heavy atom. The molecule has 0 aliphatic rings. The SMILES string of the molecule is O=C(OCc1ccccc1Oc1ccccc1)c1ccccc1Cl. The summed E-state index contributed by atoms with van der Waals surface area (Å²) >= 11 is 6.01. The van der Waals surface area contributed by atoms with Gasteiger partial charge in [0.2, 0.25) is 0 Å². The molecule has 0 aliphatic carbocycles. The molecule has 0 bridgehead atoms. The molecule has 0 aliphatic heterocycles. The number of carbonyl (C=O) groups excluding carboxylic acids is 1. The highest BCUT2D eigenvalue weighted by Crippen LogP contribution is 2.26. The predicted molar refractivity (Wildman–Crippen MR) is 93.5 cm³/mol. The molecule has 0 amide bonds. The van der Waals surface area contributed by atoms with Crippen molar-refractivity contribution in [2.24, 2.45) is 0 Å². The molecule has 0 heterocycles. The van der Waals surface area contributed by atoms with Gasteiger partial charge in [-0.2, -0.15) is 0 Å². The van der Waals surface area contributed by atoms with Crippen LogP contribution >= 0.6 is 11.6 Å². The van der Waals surface area contributed by atoms with Gasteiger partial charge in [-0.05, 0) is 30.3 Å². The van der Waals surface area contributed by atoms with E-state index in [0.717, 1.165) is 11.3 Å². The van der Waals surface area contributed by atoms with Gasteiger partial charge in [0.15, 0.2) is 0 Å². The van der Waals surface area contributed by atoms with Crippen molar-refractivity contribution in [2.75, 3.05) is 0 Å². The topological polar surface area (TPSA) is 35.5 Å². The molecule has 24 heavy (non-hydrogen) atoms. The third-order valence-corrected chi connectivity index (χ3v) is 3.73. The molecule has 3 rings (SSSR count). The van der Waals surface area contributed by atoms with E-state index in [4.69, 9.17) is 21.1 Å². The zero-order valence-corrected chi connectivity index (χ0v) is 13.6. The fourth-order valence-electron chi connectivity index (χ4n) is 2.19. The summed E-state index contributed by atoms with van der Waals surface area (Å²) in [7, 11) is 0. The number of carbonyl (C=O) groups is 1. The molecule has 0 spiro atoms. The fraction of sp³-hybridized carbons (Fsp3) is 0.0500. The quantitative estimate of drug-likeness (QED) is 0.577.